The molecule has 0 radical (unpaired) electrons. The number of hydrogen-bond acceptors (Lipinski definition) is 3. The van der Waals surface area contributed by atoms with E-state index in [4.69, 9.17) is 4.74 Å². The summed E-state index contributed by atoms with van der Waals surface area (Å²) in [6, 6.07) is 7.22. The fraction of sp³-hybridized carbons (Fsp3) is 0.333. The number of nitrogens with one attached hydrogen (secondary N) is 1. The Morgan fingerprint density at radius 3 is 2.27 bits per heavy atom. The van der Waals surface area contributed by atoms with Crippen LogP contribution >= 0.6 is 15.9 Å². The third kappa shape index (κ3) is 5.45. The summed E-state index contributed by atoms with van der Waals surface area (Å²) >= 11 is 3.36. The van der Waals surface area contributed by atoms with E-state index in [1.165, 1.54) is 18.3 Å². The van der Waals surface area contributed by atoms with Crippen LogP contribution in [-0.4, -0.2) is 16.7 Å². The minimum atomic E-state index is -4.43. The second kappa shape index (κ2) is 7.65. The van der Waals surface area contributed by atoms with Crippen LogP contribution in [0.5, 0.6) is 0 Å². The second-order valence-corrected chi connectivity index (χ2v) is 7.42. The summed E-state index contributed by atoms with van der Waals surface area (Å²) in [5.41, 5.74) is -0.574. The molecule has 0 spiro atoms. The van der Waals surface area contributed by atoms with Crippen LogP contribution < -0.4 is 5.32 Å². The van der Waals surface area contributed by atoms with Crippen LogP contribution in [0.3, 0.4) is 0 Å². The summed E-state index contributed by atoms with van der Waals surface area (Å²) in [5.74, 6) is 0. The van der Waals surface area contributed by atoms with Gasteiger partial charge in [-0.2, -0.15) is 13.2 Å². The molecule has 1 atom stereocenters. The largest absolute Gasteiger partial charge is 0.444 e. The number of hydrogen-bond donors (Lipinski definition) is 1. The zero-order chi connectivity index (χ0) is 19.5. The van der Waals surface area contributed by atoms with Crippen LogP contribution in [0.2, 0.25) is 0 Å². The third-order valence-corrected chi connectivity index (χ3v) is 3.96. The molecule has 0 aliphatic carbocycles. The van der Waals surface area contributed by atoms with Crippen molar-refractivity contribution < 1.29 is 22.7 Å². The predicted octanol–water partition coefficient (Wildman–Crippen LogP) is 5.48. The lowest BCUT2D eigenvalue weighted by Crippen LogP contribution is -2.35. The Balaban J connectivity index is 2.38. The molecule has 0 saturated carbocycles. The molecule has 140 valence electrons. The molecule has 1 unspecified atom stereocenters. The molecule has 2 rings (SSSR count). The summed E-state index contributed by atoms with van der Waals surface area (Å²) in [6.07, 6.45) is -3.59. The molecule has 0 bridgehead atoms. The number of aromatic nitrogens is 1. The van der Waals surface area contributed by atoms with Crippen LogP contribution in [0.1, 0.15) is 43.6 Å². The van der Waals surface area contributed by atoms with Crippen LogP contribution in [0.25, 0.3) is 0 Å². The molecule has 26 heavy (non-hydrogen) atoms. The maximum absolute atomic E-state index is 12.8. The zero-order valence-corrected chi connectivity index (χ0v) is 16.0. The Labute approximate surface area is 157 Å². The number of ether oxygens (including phenoxy) is 1. The van der Waals surface area contributed by atoms with Crippen molar-refractivity contribution >= 4 is 22.0 Å². The van der Waals surface area contributed by atoms with Crippen molar-refractivity contribution in [1.29, 1.82) is 0 Å². The van der Waals surface area contributed by atoms with E-state index in [0.717, 1.165) is 12.1 Å². The van der Waals surface area contributed by atoms with Gasteiger partial charge >= 0.3 is 12.3 Å². The van der Waals surface area contributed by atoms with Crippen molar-refractivity contribution in [3.05, 3.63) is 63.9 Å². The van der Waals surface area contributed by atoms with E-state index in [1.807, 2.05) is 0 Å². The summed E-state index contributed by atoms with van der Waals surface area (Å²) < 4.78 is 44.3. The SMILES string of the molecule is CC(C)(C)OC(=O)NC(c1ccc(C(F)(F)F)cc1)c1ncccc1Br. The molecule has 0 fully saturated rings. The lowest BCUT2D eigenvalue weighted by atomic mass is 10.0. The van der Waals surface area contributed by atoms with Crippen molar-refractivity contribution in [2.75, 3.05) is 0 Å². The summed E-state index contributed by atoms with van der Waals surface area (Å²) in [7, 11) is 0. The van der Waals surface area contributed by atoms with Gasteiger partial charge in [-0.1, -0.05) is 12.1 Å². The minimum Gasteiger partial charge on any atom is -0.444 e. The van der Waals surface area contributed by atoms with Gasteiger partial charge in [-0.05, 0) is 66.5 Å². The summed E-state index contributed by atoms with van der Waals surface area (Å²) in [5, 5.41) is 2.67. The first kappa shape index (κ1) is 20.2. The Hall–Kier alpha value is -2.09. The van der Waals surface area contributed by atoms with Crippen molar-refractivity contribution in [1.82, 2.24) is 10.3 Å². The van der Waals surface area contributed by atoms with Crippen LogP contribution in [0.4, 0.5) is 18.0 Å². The van der Waals surface area contributed by atoms with E-state index in [0.29, 0.717) is 15.7 Å². The van der Waals surface area contributed by atoms with E-state index in [9.17, 15) is 18.0 Å². The van der Waals surface area contributed by atoms with Gasteiger partial charge in [0, 0.05) is 10.7 Å². The fourth-order valence-electron chi connectivity index (χ4n) is 2.21. The Kier molecular flexibility index (Phi) is 5.95. The number of carbonyl (C=O) groups excluding carboxylic acids is 1. The smallest absolute Gasteiger partial charge is 0.416 e. The molecule has 2 aromatic rings. The monoisotopic (exact) mass is 430 g/mol. The maximum Gasteiger partial charge on any atom is 0.416 e. The number of benzene rings is 1. The molecule has 1 aromatic carbocycles. The number of alkyl halides is 3. The van der Waals surface area contributed by atoms with Crippen LogP contribution in [0, 0.1) is 0 Å². The molecule has 1 N–H and O–H groups in total. The van der Waals surface area contributed by atoms with Crippen molar-refractivity contribution in [3.63, 3.8) is 0 Å². The zero-order valence-electron chi connectivity index (χ0n) is 14.4. The Bertz CT molecular complexity index is 771. The first-order valence-corrected chi connectivity index (χ1v) is 8.54. The molecule has 0 aliphatic rings. The number of amides is 1. The van der Waals surface area contributed by atoms with Gasteiger partial charge < -0.3 is 10.1 Å². The number of nitrogens with zero attached hydrogens (tertiary/aromatic N) is 1. The molecule has 0 aliphatic heterocycles. The molecule has 1 aromatic heterocycles. The topological polar surface area (TPSA) is 51.2 Å². The lowest BCUT2D eigenvalue weighted by molar-refractivity contribution is -0.137. The number of alkyl carbamates (subject to hydrolysis) is 1. The van der Waals surface area contributed by atoms with Crippen molar-refractivity contribution in [2.24, 2.45) is 0 Å². The molecular formula is C18H18BrF3N2O2. The number of carbonyl (C=O) groups is 1. The standard InChI is InChI=1S/C18H18BrF3N2O2/c1-17(2,3)26-16(25)24-14(15-13(19)5-4-10-23-15)11-6-8-12(9-7-11)18(20,21)22/h4-10,14H,1-3H3,(H,24,25). The first-order chi connectivity index (χ1) is 12.0. The van der Waals surface area contributed by atoms with Crippen LogP contribution in [0.15, 0.2) is 47.1 Å². The van der Waals surface area contributed by atoms with Crippen molar-refractivity contribution in [2.45, 2.75) is 38.6 Å². The average molecular weight is 431 g/mol. The van der Waals surface area contributed by atoms with Gasteiger partial charge in [-0.3, -0.25) is 4.98 Å². The normalized spacial score (nSPS) is 13.2. The van der Waals surface area contributed by atoms with Gasteiger partial charge in [0.15, 0.2) is 0 Å². The van der Waals surface area contributed by atoms with Gasteiger partial charge in [0.05, 0.1) is 11.3 Å². The summed E-state index contributed by atoms with van der Waals surface area (Å²) in [6.45, 7) is 5.16. The number of halogens is 4. The quantitative estimate of drug-likeness (QED) is 0.701. The minimum absolute atomic E-state index is 0.447. The highest BCUT2D eigenvalue weighted by Crippen LogP contribution is 2.32. The Morgan fingerprint density at radius 2 is 1.77 bits per heavy atom. The highest BCUT2D eigenvalue weighted by molar-refractivity contribution is 9.10. The van der Waals surface area contributed by atoms with Gasteiger partial charge in [0.2, 0.25) is 0 Å². The fourth-order valence-corrected chi connectivity index (χ4v) is 2.69. The number of rotatable bonds is 3. The van der Waals surface area contributed by atoms with E-state index >= 15 is 0 Å². The molecule has 1 amide bonds. The summed E-state index contributed by atoms with van der Waals surface area (Å²) in [4.78, 5) is 16.4. The molecule has 4 nitrogen and oxygen atoms in total. The average Bonchev–Trinajstić information content (AvgIpc) is 2.51. The predicted molar refractivity (Wildman–Crippen MR) is 94.6 cm³/mol. The van der Waals surface area contributed by atoms with Gasteiger partial charge in [-0.25, -0.2) is 4.79 Å². The molecule has 1 heterocycles. The first-order valence-electron chi connectivity index (χ1n) is 7.74. The van der Waals surface area contributed by atoms with Crippen LogP contribution in [-0.2, 0) is 10.9 Å². The maximum atomic E-state index is 12.8. The van der Waals surface area contributed by atoms with E-state index < -0.39 is 29.5 Å². The highest BCUT2D eigenvalue weighted by Gasteiger charge is 2.31. The highest BCUT2D eigenvalue weighted by atomic mass is 79.9. The van der Waals surface area contributed by atoms with E-state index in [2.05, 4.69) is 26.2 Å². The van der Waals surface area contributed by atoms with E-state index in [1.54, 1.807) is 32.9 Å². The molecule has 8 heteroatoms. The van der Waals surface area contributed by atoms with E-state index in [-0.39, 0.29) is 0 Å². The molecule has 0 saturated heterocycles. The number of pyridine rings is 1. The third-order valence-electron chi connectivity index (χ3n) is 3.29. The van der Waals surface area contributed by atoms with Crippen molar-refractivity contribution in [3.8, 4) is 0 Å². The van der Waals surface area contributed by atoms with Gasteiger partial charge in [0.1, 0.15) is 11.6 Å². The van der Waals surface area contributed by atoms with Gasteiger partial charge in [0.25, 0.3) is 0 Å². The molecular weight excluding hydrogens is 413 g/mol. The van der Waals surface area contributed by atoms with Gasteiger partial charge in [-0.15, -0.1) is 0 Å². The Morgan fingerprint density at radius 1 is 1.15 bits per heavy atom. The second-order valence-electron chi connectivity index (χ2n) is 6.57. The lowest BCUT2D eigenvalue weighted by Gasteiger charge is -2.24.